The molecule has 2 aromatic heterocycles. The van der Waals surface area contributed by atoms with Crippen molar-refractivity contribution in [1.29, 1.82) is 0 Å². The number of nitrogens with zero attached hydrogens (tertiary/aromatic N) is 4. The number of para-hydroxylation sites is 3. The Kier molecular flexibility index (Phi) is 8.02. The summed E-state index contributed by atoms with van der Waals surface area (Å²) in [5, 5.41) is 11.3. The Morgan fingerprint density at radius 3 is 1.48 bits per heavy atom. The minimum atomic E-state index is 0.471. The standard InChI is InChI=1S/C46H34N4O2/c1-2-51-40-30-22-33(23-31-40)32-16-18-34(19-17-32)45-47-48-46(52-45)35-20-24-37(25-21-35)49(36-10-4-3-5-11-36)38-26-28-39(29-27-38)50-43-14-8-6-12-41(43)42-13-7-9-15-44(42)50/h3-31H,2H2,1H3. The van der Waals surface area contributed by atoms with E-state index in [0.717, 1.165) is 50.8 Å². The molecule has 0 spiro atoms. The third-order valence-electron chi connectivity index (χ3n) is 9.39. The summed E-state index contributed by atoms with van der Waals surface area (Å²) >= 11 is 0. The second-order valence-corrected chi connectivity index (χ2v) is 12.6. The van der Waals surface area contributed by atoms with Gasteiger partial charge in [0.05, 0.1) is 17.6 Å². The zero-order chi connectivity index (χ0) is 34.9. The van der Waals surface area contributed by atoms with Crippen molar-refractivity contribution in [1.82, 2.24) is 14.8 Å². The van der Waals surface area contributed by atoms with Crippen LogP contribution < -0.4 is 9.64 Å². The van der Waals surface area contributed by atoms with Gasteiger partial charge in [0.1, 0.15) is 5.75 Å². The van der Waals surface area contributed by atoms with Crippen LogP contribution in [0.15, 0.2) is 180 Å². The molecule has 0 saturated carbocycles. The Morgan fingerprint density at radius 1 is 0.481 bits per heavy atom. The number of benzene rings is 7. The quantitative estimate of drug-likeness (QED) is 0.152. The van der Waals surface area contributed by atoms with Crippen LogP contribution in [0.4, 0.5) is 17.1 Å². The molecule has 0 atom stereocenters. The first-order valence-corrected chi connectivity index (χ1v) is 17.4. The Morgan fingerprint density at radius 2 is 0.923 bits per heavy atom. The van der Waals surface area contributed by atoms with Crippen molar-refractivity contribution in [2.75, 3.05) is 11.5 Å². The van der Waals surface area contributed by atoms with Crippen LogP contribution in [0.5, 0.6) is 5.75 Å². The van der Waals surface area contributed by atoms with Gasteiger partial charge in [-0.05, 0) is 115 Å². The van der Waals surface area contributed by atoms with Crippen molar-refractivity contribution in [3.05, 3.63) is 176 Å². The van der Waals surface area contributed by atoms with Gasteiger partial charge >= 0.3 is 0 Å². The van der Waals surface area contributed by atoms with Crippen LogP contribution in [-0.2, 0) is 0 Å². The van der Waals surface area contributed by atoms with Crippen LogP contribution >= 0.6 is 0 Å². The van der Waals surface area contributed by atoms with E-state index in [-0.39, 0.29) is 0 Å². The molecule has 0 saturated heterocycles. The minimum absolute atomic E-state index is 0.471. The SMILES string of the molecule is CCOc1ccc(-c2ccc(-c3nnc(-c4ccc(N(c5ccccc5)c5ccc(-n6c7ccccc7c7ccccc76)cc5)cc4)o3)cc2)cc1. The van der Waals surface area contributed by atoms with E-state index in [9.17, 15) is 0 Å². The first kappa shape index (κ1) is 31.1. The van der Waals surface area contributed by atoms with E-state index in [4.69, 9.17) is 9.15 Å². The Hall–Kier alpha value is -6.92. The molecule has 250 valence electrons. The lowest BCUT2D eigenvalue weighted by Gasteiger charge is -2.26. The van der Waals surface area contributed by atoms with E-state index < -0.39 is 0 Å². The number of rotatable bonds is 9. The largest absolute Gasteiger partial charge is 0.494 e. The number of hydrogen-bond donors (Lipinski definition) is 0. The fourth-order valence-corrected chi connectivity index (χ4v) is 6.90. The van der Waals surface area contributed by atoms with E-state index in [1.165, 1.54) is 21.8 Å². The van der Waals surface area contributed by atoms with Crippen LogP contribution in [-0.4, -0.2) is 21.4 Å². The normalized spacial score (nSPS) is 11.2. The Bertz CT molecular complexity index is 2550. The molecule has 0 unspecified atom stereocenters. The van der Waals surface area contributed by atoms with Crippen LogP contribution in [0.3, 0.4) is 0 Å². The third kappa shape index (κ3) is 5.76. The van der Waals surface area contributed by atoms with Gasteiger partial charge in [-0.25, -0.2) is 0 Å². The highest BCUT2D eigenvalue weighted by molar-refractivity contribution is 6.09. The van der Waals surface area contributed by atoms with Crippen molar-refractivity contribution in [2.45, 2.75) is 6.92 Å². The van der Waals surface area contributed by atoms with Crippen LogP contribution in [0.1, 0.15) is 6.92 Å². The number of fused-ring (bicyclic) bond motifs is 3. The minimum Gasteiger partial charge on any atom is -0.494 e. The molecule has 9 aromatic rings. The molecule has 52 heavy (non-hydrogen) atoms. The van der Waals surface area contributed by atoms with Gasteiger partial charge in [-0.15, -0.1) is 10.2 Å². The van der Waals surface area contributed by atoms with Crippen LogP contribution in [0.25, 0.3) is 61.5 Å². The number of anilines is 3. The van der Waals surface area contributed by atoms with Crippen LogP contribution in [0, 0.1) is 0 Å². The highest BCUT2D eigenvalue weighted by Crippen LogP contribution is 2.38. The summed E-state index contributed by atoms with van der Waals surface area (Å²) in [5.74, 6) is 1.82. The molecule has 0 aliphatic carbocycles. The van der Waals surface area contributed by atoms with Crippen molar-refractivity contribution in [2.24, 2.45) is 0 Å². The van der Waals surface area contributed by atoms with Gasteiger partial charge in [-0.2, -0.15) is 0 Å². The highest BCUT2D eigenvalue weighted by atomic mass is 16.5. The first-order valence-electron chi connectivity index (χ1n) is 17.4. The number of ether oxygens (including phenoxy) is 1. The summed E-state index contributed by atoms with van der Waals surface area (Å²) < 4.78 is 14.1. The molecule has 0 bridgehead atoms. The molecule has 0 fully saturated rings. The van der Waals surface area contributed by atoms with Gasteiger partial charge in [0.2, 0.25) is 11.8 Å². The fraction of sp³-hybridized carbons (Fsp3) is 0.0435. The topological polar surface area (TPSA) is 56.3 Å². The Balaban J connectivity index is 0.988. The molecule has 6 heteroatoms. The molecule has 0 radical (unpaired) electrons. The van der Waals surface area contributed by atoms with Crippen LogP contribution in [0.2, 0.25) is 0 Å². The molecule has 0 N–H and O–H groups in total. The van der Waals surface area contributed by atoms with Gasteiger partial charge in [-0.3, -0.25) is 0 Å². The summed E-state index contributed by atoms with van der Waals surface area (Å²) in [6.45, 7) is 2.63. The molecule has 9 rings (SSSR count). The monoisotopic (exact) mass is 674 g/mol. The smallest absolute Gasteiger partial charge is 0.248 e. The van der Waals surface area contributed by atoms with Gasteiger partial charge in [0.25, 0.3) is 0 Å². The van der Waals surface area contributed by atoms with Crippen molar-refractivity contribution < 1.29 is 9.15 Å². The average Bonchev–Trinajstić information content (AvgIpc) is 3.84. The second kappa shape index (κ2) is 13.4. The zero-order valence-electron chi connectivity index (χ0n) is 28.6. The van der Waals surface area contributed by atoms with E-state index in [0.29, 0.717) is 18.4 Å². The first-order chi connectivity index (χ1) is 25.7. The van der Waals surface area contributed by atoms with Crippen molar-refractivity contribution in [3.63, 3.8) is 0 Å². The molecular weight excluding hydrogens is 641 g/mol. The molecule has 7 aromatic carbocycles. The number of hydrogen-bond acceptors (Lipinski definition) is 5. The predicted molar refractivity (Wildman–Crippen MR) is 211 cm³/mol. The third-order valence-corrected chi connectivity index (χ3v) is 9.39. The molecule has 0 aliphatic heterocycles. The maximum absolute atomic E-state index is 6.17. The van der Waals surface area contributed by atoms with Gasteiger partial charge < -0.3 is 18.6 Å². The molecular formula is C46H34N4O2. The van der Waals surface area contributed by atoms with Crippen molar-refractivity contribution in [3.8, 4) is 45.5 Å². The lowest BCUT2D eigenvalue weighted by atomic mass is 10.0. The van der Waals surface area contributed by atoms with Crippen molar-refractivity contribution >= 4 is 38.9 Å². The highest BCUT2D eigenvalue weighted by Gasteiger charge is 2.17. The van der Waals surface area contributed by atoms with Gasteiger partial charge in [0, 0.05) is 44.6 Å². The van der Waals surface area contributed by atoms with E-state index in [1.807, 2.05) is 49.4 Å². The number of aromatic nitrogens is 3. The molecule has 0 amide bonds. The molecule has 2 heterocycles. The second-order valence-electron chi connectivity index (χ2n) is 12.6. The van der Waals surface area contributed by atoms with E-state index in [1.54, 1.807) is 0 Å². The summed E-state index contributed by atoms with van der Waals surface area (Å²) in [4.78, 5) is 2.25. The summed E-state index contributed by atoms with van der Waals surface area (Å²) in [6.07, 6.45) is 0. The average molecular weight is 675 g/mol. The maximum Gasteiger partial charge on any atom is 0.248 e. The van der Waals surface area contributed by atoms with E-state index >= 15 is 0 Å². The summed E-state index contributed by atoms with van der Waals surface area (Å²) in [7, 11) is 0. The predicted octanol–water partition coefficient (Wildman–Crippen LogP) is 12.0. The van der Waals surface area contributed by atoms with E-state index in [2.05, 4.69) is 153 Å². The summed E-state index contributed by atoms with van der Waals surface area (Å²) in [5.41, 5.74) is 10.6. The van der Waals surface area contributed by atoms with Gasteiger partial charge in [0.15, 0.2) is 0 Å². The zero-order valence-corrected chi connectivity index (χ0v) is 28.6. The maximum atomic E-state index is 6.17. The molecule has 0 aliphatic rings. The summed E-state index contributed by atoms with van der Waals surface area (Å²) in [6, 6.07) is 60.9. The van der Waals surface area contributed by atoms with Gasteiger partial charge in [-0.1, -0.05) is 78.9 Å². The fourth-order valence-electron chi connectivity index (χ4n) is 6.90. The Labute approximate surface area is 301 Å². The molecule has 6 nitrogen and oxygen atoms in total. The lowest BCUT2D eigenvalue weighted by molar-refractivity contribution is 0.340. The lowest BCUT2D eigenvalue weighted by Crippen LogP contribution is -2.10.